The monoisotopic (exact) mass is 232 g/mol. The minimum Gasteiger partial charge on any atom is -0.300 e. The molecule has 17 heavy (non-hydrogen) atoms. The van der Waals surface area contributed by atoms with Crippen LogP contribution in [0, 0.1) is 5.92 Å². The van der Waals surface area contributed by atoms with Crippen molar-refractivity contribution in [2.45, 2.75) is 20.4 Å². The van der Waals surface area contributed by atoms with Gasteiger partial charge in [-0.2, -0.15) is 0 Å². The van der Waals surface area contributed by atoms with E-state index in [0.717, 1.165) is 13.1 Å². The molecule has 3 heteroatoms. The number of pyridine rings is 1. The highest BCUT2D eigenvalue weighted by atomic mass is 15.3. The average molecular weight is 232 g/mol. The van der Waals surface area contributed by atoms with E-state index in [4.69, 9.17) is 0 Å². The van der Waals surface area contributed by atoms with Crippen LogP contribution in [-0.4, -0.2) is 47.5 Å². The number of nitrogens with zero attached hydrogens (tertiary/aromatic N) is 3. The molecule has 0 amide bonds. The Bertz CT molecular complexity index is 315. The van der Waals surface area contributed by atoms with Gasteiger partial charge in [0.25, 0.3) is 0 Å². The molecule has 0 aromatic carbocycles. The zero-order chi connectivity index (χ0) is 12.1. The summed E-state index contributed by atoms with van der Waals surface area (Å²) in [6, 6.07) is 4.21. The normalized spacial score (nSPS) is 18.8. The number of rotatable bonds is 4. The van der Waals surface area contributed by atoms with Gasteiger partial charge in [0.15, 0.2) is 0 Å². The minimum atomic E-state index is 1.06. The maximum Gasteiger partial charge on any atom is 0.0271 e. The second-order valence-corrected chi connectivity index (χ2v) is 5.11. The van der Waals surface area contributed by atoms with Gasteiger partial charge >= 0.3 is 0 Å². The number of aromatic nitrogens is 1. The molecule has 1 fully saturated rings. The molecule has 3 nitrogen and oxygen atoms in total. The first-order valence-electron chi connectivity index (χ1n) is 6.36. The Kier molecular flexibility index (Phi) is 4.51. The van der Waals surface area contributed by atoms with Crippen molar-refractivity contribution in [2.24, 2.45) is 0 Å². The summed E-state index contributed by atoms with van der Waals surface area (Å²) in [7, 11) is 0. The lowest BCUT2D eigenvalue weighted by Gasteiger charge is -2.35. The highest BCUT2D eigenvalue weighted by molar-refractivity contribution is 5.09. The van der Waals surface area contributed by atoms with Gasteiger partial charge in [0.05, 0.1) is 0 Å². The van der Waals surface area contributed by atoms with Crippen molar-refractivity contribution in [2.75, 3.05) is 32.7 Å². The van der Waals surface area contributed by atoms with Crippen LogP contribution in [0.4, 0.5) is 0 Å². The lowest BCUT2D eigenvalue weighted by atomic mass is 10.2. The smallest absolute Gasteiger partial charge is 0.0271 e. The molecule has 2 rings (SSSR count). The Balaban J connectivity index is 1.76. The lowest BCUT2D eigenvalue weighted by molar-refractivity contribution is 0.131. The van der Waals surface area contributed by atoms with E-state index >= 15 is 0 Å². The molecular formula is C14H22N3. The first kappa shape index (κ1) is 12.5. The molecule has 0 unspecified atom stereocenters. The van der Waals surface area contributed by atoms with Crippen LogP contribution in [0.1, 0.15) is 19.4 Å². The Hall–Kier alpha value is -0.930. The maximum absolute atomic E-state index is 4.05. The summed E-state index contributed by atoms with van der Waals surface area (Å²) in [5.41, 5.74) is 1.37. The summed E-state index contributed by atoms with van der Waals surface area (Å²) in [5, 5.41) is 0. The molecule has 0 N–H and O–H groups in total. The molecule has 0 spiro atoms. The highest BCUT2D eigenvalue weighted by Crippen LogP contribution is 2.09. The third kappa shape index (κ3) is 4.10. The summed E-state index contributed by atoms with van der Waals surface area (Å²) in [5.74, 6) is 1.51. The first-order valence-corrected chi connectivity index (χ1v) is 6.36. The fourth-order valence-electron chi connectivity index (χ4n) is 2.30. The van der Waals surface area contributed by atoms with E-state index < -0.39 is 0 Å². The topological polar surface area (TPSA) is 19.4 Å². The highest BCUT2D eigenvalue weighted by Gasteiger charge is 2.17. The molecule has 0 bridgehead atoms. The van der Waals surface area contributed by atoms with Crippen LogP contribution in [0.15, 0.2) is 24.5 Å². The van der Waals surface area contributed by atoms with Gasteiger partial charge in [0.1, 0.15) is 0 Å². The van der Waals surface area contributed by atoms with Crippen molar-refractivity contribution in [3.63, 3.8) is 0 Å². The second kappa shape index (κ2) is 6.12. The molecule has 1 aliphatic heterocycles. The van der Waals surface area contributed by atoms with Crippen molar-refractivity contribution in [3.8, 4) is 0 Å². The zero-order valence-electron chi connectivity index (χ0n) is 10.9. The number of hydrogen-bond acceptors (Lipinski definition) is 3. The van der Waals surface area contributed by atoms with Gasteiger partial charge in [-0.05, 0) is 23.6 Å². The molecule has 0 saturated carbocycles. The van der Waals surface area contributed by atoms with Crippen LogP contribution in [0.25, 0.3) is 0 Å². The van der Waals surface area contributed by atoms with Gasteiger partial charge < -0.3 is 4.90 Å². The van der Waals surface area contributed by atoms with Gasteiger partial charge in [-0.15, -0.1) is 0 Å². The lowest BCUT2D eigenvalue weighted by Crippen LogP contribution is -2.46. The summed E-state index contributed by atoms with van der Waals surface area (Å²) < 4.78 is 0. The molecule has 0 atom stereocenters. The molecule has 1 saturated heterocycles. The maximum atomic E-state index is 4.05. The third-order valence-electron chi connectivity index (χ3n) is 3.16. The van der Waals surface area contributed by atoms with E-state index in [2.05, 4.69) is 40.8 Å². The van der Waals surface area contributed by atoms with E-state index in [0.29, 0.717) is 0 Å². The van der Waals surface area contributed by atoms with Crippen molar-refractivity contribution in [1.82, 2.24) is 14.8 Å². The molecule has 1 aliphatic rings. The van der Waals surface area contributed by atoms with Crippen molar-refractivity contribution in [1.29, 1.82) is 0 Å². The van der Waals surface area contributed by atoms with Gasteiger partial charge in [-0.3, -0.25) is 9.88 Å². The Morgan fingerprint density at radius 3 is 2.24 bits per heavy atom. The van der Waals surface area contributed by atoms with E-state index in [1.807, 2.05) is 12.4 Å². The van der Waals surface area contributed by atoms with Crippen LogP contribution in [0.5, 0.6) is 0 Å². The van der Waals surface area contributed by atoms with E-state index in [1.54, 1.807) is 0 Å². The fraction of sp³-hybridized carbons (Fsp3) is 0.571. The van der Waals surface area contributed by atoms with Crippen LogP contribution < -0.4 is 0 Å². The zero-order valence-corrected chi connectivity index (χ0v) is 10.9. The van der Waals surface area contributed by atoms with Crippen molar-refractivity contribution >= 4 is 0 Å². The van der Waals surface area contributed by atoms with Gasteiger partial charge in [-0.1, -0.05) is 13.8 Å². The quantitative estimate of drug-likeness (QED) is 0.789. The average Bonchev–Trinajstić information content (AvgIpc) is 2.32. The van der Waals surface area contributed by atoms with Crippen molar-refractivity contribution in [3.05, 3.63) is 36.0 Å². The van der Waals surface area contributed by atoms with Gasteiger partial charge in [0, 0.05) is 51.7 Å². The van der Waals surface area contributed by atoms with Crippen molar-refractivity contribution < 1.29 is 0 Å². The van der Waals surface area contributed by atoms with Crippen LogP contribution >= 0.6 is 0 Å². The van der Waals surface area contributed by atoms with Gasteiger partial charge in [-0.25, -0.2) is 0 Å². The summed E-state index contributed by atoms with van der Waals surface area (Å²) >= 11 is 0. The molecule has 2 heterocycles. The summed E-state index contributed by atoms with van der Waals surface area (Å²) in [6.45, 7) is 11.4. The van der Waals surface area contributed by atoms with E-state index in [9.17, 15) is 0 Å². The van der Waals surface area contributed by atoms with Crippen LogP contribution in [0.3, 0.4) is 0 Å². The molecule has 1 aromatic heterocycles. The number of hydrogen-bond donors (Lipinski definition) is 0. The minimum absolute atomic E-state index is 1.06. The number of piperazine rings is 1. The predicted octanol–water partition coefficient (Wildman–Crippen LogP) is 1.81. The first-order chi connectivity index (χ1) is 8.24. The van der Waals surface area contributed by atoms with E-state index in [-0.39, 0.29) is 0 Å². The Morgan fingerprint density at radius 1 is 1.06 bits per heavy atom. The van der Waals surface area contributed by atoms with Crippen LogP contribution in [-0.2, 0) is 6.54 Å². The Labute approximate surface area is 104 Å². The van der Waals surface area contributed by atoms with Gasteiger partial charge in [0.2, 0.25) is 0 Å². The predicted molar refractivity (Wildman–Crippen MR) is 70.5 cm³/mol. The molecular weight excluding hydrogens is 210 g/mol. The standard InChI is InChI=1S/C14H22N3/c1-13(2)11-16-7-9-17(10-8-16)12-14-3-5-15-6-4-14/h3-6H,7-12H2,1-2H3. The molecule has 93 valence electrons. The second-order valence-electron chi connectivity index (χ2n) is 5.11. The summed E-state index contributed by atoms with van der Waals surface area (Å²) in [6.07, 6.45) is 3.75. The SMILES string of the molecule is C[C](C)CN1CCN(Cc2ccncc2)CC1. The largest absolute Gasteiger partial charge is 0.300 e. The molecule has 1 aromatic rings. The molecule has 1 radical (unpaired) electrons. The third-order valence-corrected chi connectivity index (χ3v) is 3.16. The van der Waals surface area contributed by atoms with E-state index in [1.165, 1.54) is 37.7 Å². The Morgan fingerprint density at radius 2 is 1.65 bits per heavy atom. The summed E-state index contributed by atoms with van der Waals surface area (Å²) in [4.78, 5) is 9.12. The van der Waals surface area contributed by atoms with Crippen LogP contribution in [0.2, 0.25) is 0 Å². The fourth-order valence-corrected chi connectivity index (χ4v) is 2.30. The molecule has 0 aliphatic carbocycles.